The number of ketones is 2. The van der Waals surface area contributed by atoms with Crippen molar-refractivity contribution in [1.29, 1.82) is 0 Å². The van der Waals surface area contributed by atoms with Crippen molar-refractivity contribution in [3.8, 4) is 0 Å². The fourth-order valence-electron chi connectivity index (χ4n) is 3.37. The Hall–Kier alpha value is -2.40. The highest BCUT2D eigenvalue weighted by Gasteiger charge is 2.31. The van der Waals surface area contributed by atoms with E-state index >= 15 is 0 Å². The Morgan fingerprint density at radius 3 is 1.23 bits per heavy atom. The third kappa shape index (κ3) is 4.93. The molecule has 0 radical (unpaired) electrons. The van der Waals surface area contributed by atoms with Gasteiger partial charge >= 0.3 is 0 Å². The summed E-state index contributed by atoms with van der Waals surface area (Å²) in [6.07, 6.45) is 0.343. The lowest BCUT2D eigenvalue weighted by atomic mass is 10.2. The smallest absolute Gasteiger partial charge is 0.243 e. The van der Waals surface area contributed by atoms with Crippen LogP contribution in [0.2, 0.25) is 0 Å². The highest BCUT2D eigenvalue weighted by Crippen LogP contribution is 2.22. The van der Waals surface area contributed by atoms with E-state index in [9.17, 15) is 26.4 Å². The molecule has 2 aromatic rings. The molecule has 1 heterocycles. The van der Waals surface area contributed by atoms with Crippen LogP contribution in [0.5, 0.6) is 0 Å². The SMILES string of the molecule is CC(=O)c1ccc(S(=O)(=O)N2CCCN(S(=O)(=O)c3ccc(C(C)=O)cc3)CC2)cc1. The van der Waals surface area contributed by atoms with Gasteiger partial charge in [-0.05, 0) is 44.5 Å². The molecule has 3 rings (SSSR count). The van der Waals surface area contributed by atoms with Crippen LogP contribution in [0, 0.1) is 0 Å². The Morgan fingerprint density at radius 2 is 0.935 bits per heavy atom. The topological polar surface area (TPSA) is 109 Å². The summed E-state index contributed by atoms with van der Waals surface area (Å²) in [5, 5.41) is 0. The molecule has 1 aliphatic rings. The molecule has 8 nitrogen and oxygen atoms in total. The van der Waals surface area contributed by atoms with E-state index in [0.29, 0.717) is 17.5 Å². The molecular weight excluding hydrogens is 440 g/mol. The maximum absolute atomic E-state index is 13.0. The molecule has 0 unspecified atom stereocenters. The van der Waals surface area contributed by atoms with E-state index in [1.54, 1.807) is 0 Å². The molecular formula is C21H24N2O6S2. The number of sulfonamides is 2. The minimum Gasteiger partial charge on any atom is -0.295 e. The largest absolute Gasteiger partial charge is 0.295 e. The molecule has 0 spiro atoms. The number of rotatable bonds is 6. The molecule has 166 valence electrons. The third-order valence-electron chi connectivity index (χ3n) is 5.21. The standard InChI is InChI=1S/C21H24N2O6S2/c1-16(24)18-4-8-20(9-5-18)30(26,27)22-12-3-13-23(15-14-22)31(28,29)21-10-6-19(7-11-21)17(2)25/h4-11H,3,12-15H2,1-2H3. The van der Waals surface area contributed by atoms with Crippen molar-refractivity contribution in [3.05, 3.63) is 59.7 Å². The van der Waals surface area contributed by atoms with Crippen molar-refractivity contribution in [1.82, 2.24) is 8.61 Å². The minimum absolute atomic E-state index is 0.0154. The zero-order valence-electron chi connectivity index (χ0n) is 17.3. The number of hydrogen-bond acceptors (Lipinski definition) is 6. The zero-order chi connectivity index (χ0) is 22.8. The minimum atomic E-state index is -3.81. The summed E-state index contributed by atoms with van der Waals surface area (Å²) in [6.45, 7) is 3.21. The van der Waals surface area contributed by atoms with Crippen molar-refractivity contribution in [3.63, 3.8) is 0 Å². The Bertz CT molecular complexity index is 1090. The molecule has 1 fully saturated rings. The quantitative estimate of drug-likeness (QED) is 0.606. The highest BCUT2D eigenvalue weighted by atomic mass is 32.2. The number of nitrogens with zero attached hydrogens (tertiary/aromatic N) is 2. The summed E-state index contributed by atoms with van der Waals surface area (Å²) < 4.78 is 54.5. The van der Waals surface area contributed by atoms with Crippen molar-refractivity contribution in [2.75, 3.05) is 26.2 Å². The van der Waals surface area contributed by atoms with Gasteiger partial charge in [0.05, 0.1) is 9.79 Å². The van der Waals surface area contributed by atoms with Gasteiger partial charge in [-0.3, -0.25) is 9.59 Å². The summed E-state index contributed by atoms with van der Waals surface area (Å²) in [5.41, 5.74) is 0.839. The van der Waals surface area contributed by atoms with Gasteiger partial charge in [-0.15, -0.1) is 0 Å². The molecule has 0 atom stereocenters. The van der Waals surface area contributed by atoms with Crippen LogP contribution >= 0.6 is 0 Å². The van der Waals surface area contributed by atoms with Crippen molar-refractivity contribution in [2.24, 2.45) is 0 Å². The summed E-state index contributed by atoms with van der Waals surface area (Å²) in [6, 6.07) is 11.4. The Balaban J connectivity index is 1.77. The number of Topliss-reactive ketones (excluding diaryl/α,β-unsaturated/α-hetero) is 2. The van der Waals surface area contributed by atoms with Crippen molar-refractivity contribution in [2.45, 2.75) is 30.1 Å². The molecule has 2 aromatic carbocycles. The molecule has 1 saturated heterocycles. The van der Waals surface area contributed by atoms with Crippen LogP contribution in [0.15, 0.2) is 58.3 Å². The van der Waals surface area contributed by atoms with E-state index in [1.165, 1.54) is 71.0 Å². The van der Waals surface area contributed by atoms with E-state index in [-0.39, 0.29) is 47.5 Å². The molecule has 0 saturated carbocycles. The van der Waals surface area contributed by atoms with Gasteiger partial charge in [0.25, 0.3) is 0 Å². The lowest BCUT2D eigenvalue weighted by Crippen LogP contribution is -2.37. The lowest BCUT2D eigenvalue weighted by molar-refractivity contribution is 0.100. The first-order chi connectivity index (χ1) is 14.5. The predicted octanol–water partition coefficient (Wildman–Crippen LogP) is 2.18. The number of carbonyl (C=O) groups is 2. The van der Waals surface area contributed by atoms with Crippen molar-refractivity contribution < 1.29 is 26.4 Å². The maximum Gasteiger partial charge on any atom is 0.243 e. The molecule has 0 aliphatic carbocycles. The fourth-order valence-corrected chi connectivity index (χ4v) is 6.31. The summed E-state index contributed by atoms with van der Waals surface area (Å²) in [5.74, 6) is -0.313. The Morgan fingerprint density at radius 1 is 0.613 bits per heavy atom. The van der Waals surface area contributed by atoms with E-state index in [4.69, 9.17) is 0 Å². The second kappa shape index (κ2) is 8.99. The molecule has 0 bridgehead atoms. The van der Waals surface area contributed by atoms with Crippen LogP contribution in [-0.4, -0.2) is 63.2 Å². The maximum atomic E-state index is 13.0. The lowest BCUT2D eigenvalue weighted by Gasteiger charge is -2.22. The van der Waals surface area contributed by atoms with Gasteiger partial charge in [0.1, 0.15) is 0 Å². The molecule has 0 amide bonds. The Labute approximate surface area is 182 Å². The van der Waals surface area contributed by atoms with Gasteiger partial charge in [-0.25, -0.2) is 16.8 Å². The first-order valence-electron chi connectivity index (χ1n) is 9.76. The van der Waals surface area contributed by atoms with Gasteiger partial charge in [0, 0.05) is 37.3 Å². The Kier molecular flexibility index (Phi) is 6.75. The summed E-state index contributed by atoms with van der Waals surface area (Å²) >= 11 is 0. The monoisotopic (exact) mass is 464 g/mol. The van der Waals surface area contributed by atoms with E-state index in [0.717, 1.165) is 0 Å². The number of benzene rings is 2. The number of carbonyl (C=O) groups excluding carboxylic acids is 2. The zero-order valence-corrected chi connectivity index (χ0v) is 18.9. The normalized spacial score (nSPS) is 16.6. The van der Waals surface area contributed by atoms with Crippen LogP contribution in [0.3, 0.4) is 0 Å². The van der Waals surface area contributed by atoms with Gasteiger partial charge in [0.15, 0.2) is 11.6 Å². The number of hydrogen-bond donors (Lipinski definition) is 0. The predicted molar refractivity (Wildman–Crippen MR) is 115 cm³/mol. The first kappa shape index (κ1) is 23.3. The molecule has 10 heteroatoms. The second-order valence-electron chi connectivity index (χ2n) is 7.32. The summed E-state index contributed by atoms with van der Waals surface area (Å²) in [7, 11) is -7.63. The highest BCUT2D eigenvalue weighted by molar-refractivity contribution is 7.89. The van der Waals surface area contributed by atoms with Crippen LogP contribution in [0.4, 0.5) is 0 Å². The van der Waals surface area contributed by atoms with Crippen LogP contribution in [0.1, 0.15) is 41.0 Å². The molecule has 0 N–H and O–H groups in total. The average molecular weight is 465 g/mol. The second-order valence-corrected chi connectivity index (χ2v) is 11.2. The van der Waals surface area contributed by atoms with Gasteiger partial charge in [-0.2, -0.15) is 8.61 Å². The van der Waals surface area contributed by atoms with Crippen LogP contribution in [0.25, 0.3) is 0 Å². The van der Waals surface area contributed by atoms with E-state index in [1.807, 2.05) is 0 Å². The van der Waals surface area contributed by atoms with E-state index < -0.39 is 20.0 Å². The molecule has 31 heavy (non-hydrogen) atoms. The summed E-state index contributed by atoms with van der Waals surface area (Å²) in [4.78, 5) is 23.0. The first-order valence-corrected chi connectivity index (χ1v) is 12.6. The molecule has 0 aromatic heterocycles. The van der Waals surface area contributed by atoms with Gasteiger partial charge < -0.3 is 0 Å². The van der Waals surface area contributed by atoms with Crippen molar-refractivity contribution >= 4 is 31.6 Å². The van der Waals surface area contributed by atoms with E-state index in [2.05, 4.69) is 0 Å². The van der Waals surface area contributed by atoms with Crippen LogP contribution < -0.4 is 0 Å². The van der Waals surface area contributed by atoms with Gasteiger partial charge in [0.2, 0.25) is 20.0 Å². The third-order valence-corrected chi connectivity index (χ3v) is 9.04. The van der Waals surface area contributed by atoms with Crippen LogP contribution in [-0.2, 0) is 20.0 Å². The van der Waals surface area contributed by atoms with Gasteiger partial charge in [-0.1, -0.05) is 24.3 Å². The molecule has 1 aliphatic heterocycles. The average Bonchev–Trinajstić information content (AvgIpc) is 3.01. The fraction of sp³-hybridized carbons (Fsp3) is 0.333.